The van der Waals surface area contributed by atoms with Crippen LogP contribution in [0.25, 0.3) is 0 Å². The third-order valence-electron chi connectivity index (χ3n) is 2.36. The normalized spacial score (nSPS) is 20.1. The van der Waals surface area contributed by atoms with E-state index in [1.165, 1.54) is 4.90 Å². The summed E-state index contributed by atoms with van der Waals surface area (Å²) in [6.45, 7) is 5.13. The van der Waals surface area contributed by atoms with Gasteiger partial charge in [-0.3, -0.25) is 4.79 Å². The van der Waals surface area contributed by atoms with Crippen molar-refractivity contribution in [1.82, 2.24) is 4.90 Å². The monoisotopic (exact) mass is 265 g/mol. The molecule has 0 aromatic carbocycles. The fraction of sp³-hybridized carbons (Fsp3) is 0.727. The van der Waals surface area contributed by atoms with Gasteiger partial charge in [0.25, 0.3) is 0 Å². The maximum atomic E-state index is 11.6. The third kappa shape index (κ3) is 4.96. The number of carboxylic acids is 1. The van der Waals surface area contributed by atoms with Crippen LogP contribution >= 0.6 is 0 Å². The number of amides is 1. The van der Waals surface area contributed by atoms with Crippen LogP contribution in [0.15, 0.2) is 0 Å². The fourth-order valence-electron chi connectivity index (χ4n) is 1.55. The first-order valence-electron chi connectivity index (χ1n) is 5.42. The summed E-state index contributed by atoms with van der Waals surface area (Å²) in [6, 6.07) is 0. The quantitative estimate of drug-likeness (QED) is 0.364. The van der Waals surface area contributed by atoms with E-state index in [2.05, 4.69) is 0 Å². The fourth-order valence-corrected chi connectivity index (χ4v) is 1.55. The van der Waals surface area contributed by atoms with Crippen molar-refractivity contribution in [3.63, 3.8) is 0 Å². The van der Waals surface area contributed by atoms with E-state index in [0.29, 0.717) is 0 Å². The van der Waals surface area contributed by atoms with Gasteiger partial charge in [0, 0.05) is 6.54 Å². The van der Waals surface area contributed by atoms with E-state index in [-0.39, 0.29) is 49.1 Å². The zero-order valence-corrected chi connectivity index (χ0v) is 13.2. The molecule has 1 rings (SSSR count). The van der Waals surface area contributed by atoms with E-state index < -0.39 is 29.4 Å². The summed E-state index contributed by atoms with van der Waals surface area (Å²) in [6.07, 6.45) is -0.511. The number of rotatable bonds is 1. The van der Waals surface area contributed by atoms with Crippen molar-refractivity contribution < 1.29 is 53.8 Å². The Labute approximate surface area is 128 Å². The second-order valence-corrected chi connectivity index (χ2v) is 5.03. The first-order chi connectivity index (χ1) is 7.70. The van der Waals surface area contributed by atoms with Gasteiger partial charge in [0.05, 0.1) is 18.4 Å². The summed E-state index contributed by atoms with van der Waals surface area (Å²) in [5, 5.41) is 10.6. The molecule has 0 bridgehead atoms. The summed E-state index contributed by atoms with van der Waals surface area (Å²) >= 11 is 0. The molecule has 1 saturated heterocycles. The van der Waals surface area contributed by atoms with Gasteiger partial charge in [0.2, 0.25) is 0 Å². The maximum absolute atomic E-state index is 11.6. The van der Waals surface area contributed by atoms with Gasteiger partial charge in [-0.05, 0) is 27.2 Å². The molecule has 1 atom stereocenters. The van der Waals surface area contributed by atoms with Crippen LogP contribution in [0.3, 0.4) is 0 Å². The van der Waals surface area contributed by atoms with Gasteiger partial charge in [0.15, 0.2) is 5.78 Å². The summed E-state index contributed by atoms with van der Waals surface area (Å²) < 4.78 is 5.09. The second kappa shape index (κ2) is 6.54. The molecular weight excluding hydrogens is 249 g/mol. The number of Topliss-reactive ketones (excluding diaryl/α,β-unsaturated/α-hetero) is 1. The Bertz CT molecular complexity index is 350. The Morgan fingerprint density at radius 3 is 2.33 bits per heavy atom. The van der Waals surface area contributed by atoms with Crippen LogP contribution in [-0.4, -0.2) is 41.4 Å². The van der Waals surface area contributed by atoms with E-state index in [1.54, 1.807) is 20.8 Å². The van der Waals surface area contributed by atoms with Crippen molar-refractivity contribution in [3.05, 3.63) is 0 Å². The Morgan fingerprint density at radius 2 is 1.94 bits per heavy atom. The van der Waals surface area contributed by atoms with Crippen LogP contribution in [0, 0.1) is 5.92 Å². The molecule has 7 heteroatoms. The van der Waals surface area contributed by atoms with Crippen molar-refractivity contribution >= 4 is 17.8 Å². The van der Waals surface area contributed by atoms with E-state index >= 15 is 0 Å². The third-order valence-corrected chi connectivity index (χ3v) is 2.36. The van der Waals surface area contributed by atoms with E-state index in [4.69, 9.17) is 4.74 Å². The zero-order valence-electron chi connectivity index (χ0n) is 11.2. The van der Waals surface area contributed by atoms with Gasteiger partial charge in [-0.25, -0.2) is 4.79 Å². The predicted octanol–water partition coefficient (Wildman–Crippen LogP) is -3.43. The molecule has 6 nitrogen and oxygen atoms in total. The maximum Gasteiger partial charge on any atom is 1.00 e. The van der Waals surface area contributed by atoms with E-state index in [0.717, 1.165) is 0 Å². The van der Waals surface area contributed by atoms with Gasteiger partial charge in [-0.1, -0.05) is 0 Å². The number of carbonyl (C=O) groups is 3. The van der Waals surface area contributed by atoms with Gasteiger partial charge in [-0.2, -0.15) is 0 Å². The molecule has 0 saturated carbocycles. The molecule has 0 spiro atoms. The SMILES string of the molecule is CC(C)(C)OC(=O)N1CCC(C(=O)[O-])C(=O)C1.[Na+]. The molecule has 1 aliphatic heterocycles. The molecule has 1 aliphatic rings. The van der Waals surface area contributed by atoms with Crippen molar-refractivity contribution in [2.24, 2.45) is 5.92 Å². The minimum absolute atomic E-state index is 0. The molecule has 1 amide bonds. The number of carboxylic acid groups (broad SMARTS) is 1. The number of ether oxygens (including phenoxy) is 1. The number of nitrogens with zero attached hydrogens (tertiary/aromatic N) is 1. The molecule has 1 unspecified atom stereocenters. The zero-order chi connectivity index (χ0) is 13.2. The Morgan fingerprint density at radius 1 is 1.39 bits per heavy atom. The number of likely N-dealkylation sites (tertiary alicyclic amines) is 1. The minimum atomic E-state index is -1.38. The number of aliphatic carboxylic acids is 1. The largest absolute Gasteiger partial charge is 1.00 e. The van der Waals surface area contributed by atoms with Crippen LogP contribution in [-0.2, 0) is 14.3 Å². The van der Waals surface area contributed by atoms with E-state index in [9.17, 15) is 19.5 Å². The topological polar surface area (TPSA) is 86.7 Å². The number of carbonyl (C=O) groups excluding carboxylic acids is 3. The molecule has 96 valence electrons. The molecule has 1 fully saturated rings. The Hall–Kier alpha value is -0.590. The molecule has 0 radical (unpaired) electrons. The van der Waals surface area contributed by atoms with Crippen LogP contribution in [0.1, 0.15) is 27.2 Å². The van der Waals surface area contributed by atoms with Gasteiger partial charge in [0.1, 0.15) is 5.60 Å². The minimum Gasteiger partial charge on any atom is -0.549 e. The van der Waals surface area contributed by atoms with Crippen LogP contribution in [0.4, 0.5) is 4.79 Å². The number of ketones is 1. The molecule has 0 aliphatic carbocycles. The summed E-state index contributed by atoms with van der Waals surface area (Å²) in [5.41, 5.74) is -0.634. The van der Waals surface area contributed by atoms with Crippen molar-refractivity contribution in [2.45, 2.75) is 32.8 Å². The average Bonchev–Trinajstić information content (AvgIpc) is 2.14. The molecule has 0 aromatic heterocycles. The first-order valence-corrected chi connectivity index (χ1v) is 5.42. The molecular formula is C11H16NNaO5. The number of hydrogen-bond donors (Lipinski definition) is 0. The molecule has 1 heterocycles. The second-order valence-electron chi connectivity index (χ2n) is 5.03. The van der Waals surface area contributed by atoms with Crippen molar-refractivity contribution in [3.8, 4) is 0 Å². The Kier molecular flexibility index (Phi) is 6.33. The van der Waals surface area contributed by atoms with Gasteiger partial charge >= 0.3 is 35.7 Å². The van der Waals surface area contributed by atoms with Crippen molar-refractivity contribution in [2.75, 3.05) is 13.1 Å². The molecule has 18 heavy (non-hydrogen) atoms. The van der Waals surface area contributed by atoms with Crippen LogP contribution in [0.5, 0.6) is 0 Å². The van der Waals surface area contributed by atoms with Crippen molar-refractivity contribution in [1.29, 1.82) is 0 Å². The van der Waals surface area contributed by atoms with E-state index in [1.807, 2.05) is 0 Å². The van der Waals surface area contributed by atoms with Gasteiger partial charge < -0.3 is 19.5 Å². The molecule has 0 aromatic rings. The number of hydrogen-bond acceptors (Lipinski definition) is 5. The summed E-state index contributed by atoms with van der Waals surface area (Å²) in [7, 11) is 0. The smallest absolute Gasteiger partial charge is 0.549 e. The first kappa shape index (κ1) is 17.4. The molecule has 0 N–H and O–H groups in total. The standard InChI is InChI=1S/C11H17NO5.Na/c1-11(2,3)17-10(16)12-5-4-7(9(14)15)8(13)6-12;/h7H,4-6H2,1-3H3,(H,14,15);/q;+1/p-1. The number of piperidine rings is 1. The van der Waals surface area contributed by atoms with Crippen LogP contribution < -0.4 is 34.7 Å². The van der Waals surface area contributed by atoms with Gasteiger partial charge in [-0.15, -0.1) is 0 Å². The Balaban J connectivity index is 0.00000289. The average molecular weight is 265 g/mol. The predicted molar refractivity (Wildman–Crippen MR) is 55.9 cm³/mol. The summed E-state index contributed by atoms with van der Waals surface area (Å²) in [4.78, 5) is 34.9. The van der Waals surface area contributed by atoms with Crippen LogP contribution in [0.2, 0.25) is 0 Å². The summed E-state index contributed by atoms with van der Waals surface area (Å²) in [5.74, 6) is -2.99.